The number of benzene rings is 2. The summed E-state index contributed by atoms with van der Waals surface area (Å²) in [5, 5.41) is 2.74. The highest BCUT2D eigenvalue weighted by atomic mass is 19.1. The number of hydrogen-bond acceptors (Lipinski definition) is 2. The Kier molecular flexibility index (Phi) is 5.12. The van der Waals surface area contributed by atoms with Crippen molar-refractivity contribution in [2.24, 2.45) is 0 Å². The average molecular weight is 340 g/mol. The summed E-state index contributed by atoms with van der Waals surface area (Å²) in [6, 6.07) is 12.6. The van der Waals surface area contributed by atoms with Crippen LogP contribution in [0.4, 0.5) is 10.1 Å². The van der Waals surface area contributed by atoms with Gasteiger partial charge in [0.2, 0.25) is 0 Å². The highest BCUT2D eigenvalue weighted by Crippen LogP contribution is 2.23. The zero-order valence-corrected chi connectivity index (χ0v) is 14.2. The van der Waals surface area contributed by atoms with Crippen LogP contribution in [0, 0.1) is 5.82 Å². The number of nitrogens with zero attached hydrogens (tertiary/aromatic N) is 1. The average Bonchev–Trinajstić information content (AvgIpc) is 2.62. The van der Waals surface area contributed by atoms with Crippen molar-refractivity contribution in [1.82, 2.24) is 4.90 Å². The summed E-state index contributed by atoms with van der Waals surface area (Å²) in [4.78, 5) is 27.2. The maximum atomic E-state index is 13.3. The van der Waals surface area contributed by atoms with Gasteiger partial charge in [-0.2, -0.15) is 0 Å². The summed E-state index contributed by atoms with van der Waals surface area (Å²) in [6.45, 7) is 2.77. The van der Waals surface area contributed by atoms with Crippen molar-refractivity contribution in [2.75, 3.05) is 11.9 Å². The van der Waals surface area contributed by atoms with Crippen LogP contribution in [0.5, 0.6) is 0 Å². The van der Waals surface area contributed by atoms with E-state index >= 15 is 0 Å². The molecular weight excluding hydrogens is 319 g/mol. The lowest BCUT2D eigenvalue weighted by molar-refractivity contribution is 0.0636. The Morgan fingerprint density at radius 3 is 2.68 bits per heavy atom. The van der Waals surface area contributed by atoms with E-state index in [1.165, 1.54) is 24.3 Å². The molecule has 0 bridgehead atoms. The molecule has 0 radical (unpaired) electrons. The zero-order chi connectivity index (χ0) is 17.8. The van der Waals surface area contributed by atoms with Gasteiger partial charge in [-0.1, -0.05) is 18.2 Å². The zero-order valence-electron chi connectivity index (χ0n) is 14.2. The third kappa shape index (κ3) is 3.87. The van der Waals surface area contributed by atoms with E-state index in [1.54, 1.807) is 24.3 Å². The molecule has 5 heteroatoms. The summed E-state index contributed by atoms with van der Waals surface area (Å²) in [6.07, 6.45) is 3.11. The molecule has 1 N–H and O–H groups in total. The van der Waals surface area contributed by atoms with E-state index in [0.29, 0.717) is 11.3 Å². The van der Waals surface area contributed by atoms with Gasteiger partial charge in [-0.15, -0.1) is 0 Å². The first kappa shape index (κ1) is 17.1. The lowest BCUT2D eigenvalue weighted by Crippen LogP contribution is -2.42. The number of hydrogen-bond donors (Lipinski definition) is 1. The van der Waals surface area contributed by atoms with Gasteiger partial charge in [0.05, 0.1) is 11.3 Å². The second-order valence-electron chi connectivity index (χ2n) is 6.35. The van der Waals surface area contributed by atoms with Gasteiger partial charge in [0.1, 0.15) is 5.82 Å². The molecule has 2 amide bonds. The van der Waals surface area contributed by atoms with Crippen LogP contribution in [-0.2, 0) is 0 Å². The molecule has 130 valence electrons. The Labute approximate surface area is 146 Å². The van der Waals surface area contributed by atoms with Crippen molar-refractivity contribution in [3.05, 3.63) is 65.5 Å². The lowest BCUT2D eigenvalue weighted by Gasteiger charge is -2.33. The molecule has 0 spiro atoms. The normalized spacial score (nSPS) is 17.2. The second-order valence-corrected chi connectivity index (χ2v) is 6.35. The van der Waals surface area contributed by atoms with Gasteiger partial charge in [0, 0.05) is 18.2 Å². The van der Waals surface area contributed by atoms with E-state index in [4.69, 9.17) is 0 Å². The van der Waals surface area contributed by atoms with Crippen LogP contribution in [0.15, 0.2) is 48.5 Å². The predicted molar refractivity (Wildman–Crippen MR) is 95.1 cm³/mol. The summed E-state index contributed by atoms with van der Waals surface area (Å²) < 4.78 is 13.3. The minimum absolute atomic E-state index is 0.0812. The number of piperidine rings is 1. The van der Waals surface area contributed by atoms with Gasteiger partial charge in [-0.25, -0.2) is 4.39 Å². The van der Waals surface area contributed by atoms with E-state index in [0.717, 1.165) is 25.8 Å². The molecule has 2 aromatic rings. The number of nitrogens with one attached hydrogen (secondary N) is 1. The van der Waals surface area contributed by atoms with Crippen LogP contribution >= 0.6 is 0 Å². The van der Waals surface area contributed by atoms with Gasteiger partial charge in [0.25, 0.3) is 11.8 Å². The fraction of sp³-hybridized carbons (Fsp3) is 0.300. The molecule has 1 heterocycles. The van der Waals surface area contributed by atoms with Crippen LogP contribution in [-0.4, -0.2) is 29.3 Å². The number of carbonyl (C=O) groups is 2. The highest BCUT2D eigenvalue weighted by molar-refractivity contribution is 6.09. The third-order valence-corrected chi connectivity index (χ3v) is 4.56. The van der Waals surface area contributed by atoms with Gasteiger partial charge < -0.3 is 10.2 Å². The number of halogens is 1. The first-order valence-corrected chi connectivity index (χ1v) is 8.53. The van der Waals surface area contributed by atoms with Crippen LogP contribution in [0.1, 0.15) is 46.9 Å². The first-order chi connectivity index (χ1) is 12.1. The van der Waals surface area contributed by atoms with Crippen LogP contribution in [0.25, 0.3) is 0 Å². The molecule has 1 fully saturated rings. The molecule has 0 unspecified atom stereocenters. The van der Waals surface area contributed by atoms with Gasteiger partial charge in [-0.05, 0) is 56.5 Å². The summed E-state index contributed by atoms with van der Waals surface area (Å²) in [7, 11) is 0. The molecule has 1 aliphatic rings. The van der Waals surface area contributed by atoms with Crippen molar-refractivity contribution >= 4 is 17.5 Å². The van der Waals surface area contributed by atoms with E-state index < -0.39 is 11.7 Å². The Bertz CT molecular complexity index is 791. The number of anilines is 1. The molecule has 4 nitrogen and oxygen atoms in total. The number of para-hydroxylation sites is 1. The van der Waals surface area contributed by atoms with Crippen molar-refractivity contribution in [1.29, 1.82) is 0 Å². The molecule has 0 aliphatic carbocycles. The maximum Gasteiger partial charge on any atom is 0.256 e. The molecule has 0 saturated carbocycles. The number of likely N-dealkylation sites (tertiary alicyclic amines) is 1. The smallest absolute Gasteiger partial charge is 0.256 e. The Morgan fingerprint density at radius 1 is 1.12 bits per heavy atom. The fourth-order valence-corrected chi connectivity index (χ4v) is 3.16. The van der Waals surface area contributed by atoms with Crippen molar-refractivity contribution < 1.29 is 14.0 Å². The second kappa shape index (κ2) is 7.47. The van der Waals surface area contributed by atoms with E-state index in [-0.39, 0.29) is 17.5 Å². The van der Waals surface area contributed by atoms with Crippen LogP contribution in [0.2, 0.25) is 0 Å². The number of rotatable bonds is 3. The van der Waals surface area contributed by atoms with E-state index in [9.17, 15) is 14.0 Å². The molecule has 3 rings (SSSR count). The monoisotopic (exact) mass is 340 g/mol. The summed E-state index contributed by atoms with van der Waals surface area (Å²) in [5.74, 6) is -0.993. The highest BCUT2D eigenvalue weighted by Gasteiger charge is 2.26. The topological polar surface area (TPSA) is 49.4 Å². The minimum atomic E-state index is -0.473. The maximum absolute atomic E-state index is 13.3. The third-order valence-electron chi connectivity index (χ3n) is 4.56. The lowest BCUT2D eigenvalue weighted by atomic mass is 10.0. The summed E-state index contributed by atoms with van der Waals surface area (Å²) >= 11 is 0. The largest absolute Gasteiger partial charge is 0.336 e. The molecule has 1 saturated heterocycles. The Morgan fingerprint density at radius 2 is 1.92 bits per heavy atom. The molecule has 25 heavy (non-hydrogen) atoms. The predicted octanol–water partition coefficient (Wildman–Crippen LogP) is 4.09. The molecule has 1 atom stereocenters. The first-order valence-electron chi connectivity index (χ1n) is 8.53. The van der Waals surface area contributed by atoms with Crippen molar-refractivity contribution in [3.8, 4) is 0 Å². The van der Waals surface area contributed by atoms with Gasteiger partial charge in [0.15, 0.2) is 0 Å². The standard InChI is InChI=1S/C20H21FN2O2/c1-14-7-4-5-12-23(14)20(25)17-10-2-3-11-18(17)22-19(24)15-8-6-9-16(21)13-15/h2-3,6,8-11,13-14H,4-5,7,12H2,1H3,(H,22,24)/t14-/m0/s1. The van der Waals surface area contributed by atoms with E-state index in [2.05, 4.69) is 5.32 Å². The number of carbonyl (C=O) groups excluding carboxylic acids is 2. The minimum Gasteiger partial charge on any atom is -0.336 e. The molecule has 1 aliphatic heterocycles. The van der Waals surface area contributed by atoms with E-state index in [1.807, 2.05) is 11.8 Å². The van der Waals surface area contributed by atoms with Crippen molar-refractivity contribution in [3.63, 3.8) is 0 Å². The Hall–Kier alpha value is -2.69. The van der Waals surface area contributed by atoms with Crippen LogP contribution in [0.3, 0.4) is 0 Å². The van der Waals surface area contributed by atoms with Gasteiger partial charge in [-0.3, -0.25) is 9.59 Å². The van der Waals surface area contributed by atoms with Crippen LogP contribution < -0.4 is 5.32 Å². The molecular formula is C20H21FN2O2. The van der Waals surface area contributed by atoms with Gasteiger partial charge >= 0.3 is 0 Å². The summed E-state index contributed by atoms with van der Waals surface area (Å²) in [5.41, 5.74) is 1.12. The van der Waals surface area contributed by atoms with Crippen molar-refractivity contribution in [2.45, 2.75) is 32.2 Å². The fourth-order valence-electron chi connectivity index (χ4n) is 3.16. The molecule has 0 aromatic heterocycles. The Balaban J connectivity index is 1.83. The quantitative estimate of drug-likeness (QED) is 0.915. The molecule has 2 aromatic carbocycles. The SMILES string of the molecule is C[C@H]1CCCCN1C(=O)c1ccccc1NC(=O)c1cccc(F)c1. The number of amides is 2.